The SMILES string of the molecule is CC(=O)NCCOc1cc(F)ccc1C(=O)N1Cc2nn3c(C)c(Cl)c(C)nc3c2C1. The molecular weight excluding hydrogens is 425 g/mol. The number of benzene rings is 1. The molecule has 0 bridgehead atoms. The number of nitrogens with zero attached hydrogens (tertiary/aromatic N) is 4. The van der Waals surface area contributed by atoms with Gasteiger partial charge in [-0.15, -0.1) is 0 Å². The molecule has 2 amide bonds. The molecule has 0 unspecified atom stereocenters. The third kappa shape index (κ3) is 3.93. The Morgan fingerprint density at radius 3 is 2.81 bits per heavy atom. The zero-order valence-electron chi connectivity index (χ0n) is 17.3. The summed E-state index contributed by atoms with van der Waals surface area (Å²) < 4.78 is 21.0. The minimum Gasteiger partial charge on any atom is -0.491 e. The Morgan fingerprint density at radius 1 is 1.29 bits per heavy atom. The van der Waals surface area contributed by atoms with Gasteiger partial charge in [0.2, 0.25) is 5.91 Å². The Kier molecular flexibility index (Phi) is 5.53. The van der Waals surface area contributed by atoms with E-state index < -0.39 is 5.82 Å². The minimum absolute atomic E-state index is 0.112. The Morgan fingerprint density at radius 2 is 2.06 bits per heavy atom. The highest BCUT2D eigenvalue weighted by atomic mass is 35.5. The summed E-state index contributed by atoms with van der Waals surface area (Å²) in [6.45, 7) is 6.08. The number of aromatic nitrogens is 3. The predicted octanol–water partition coefficient (Wildman–Crippen LogP) is 2.81. The fourth-order valence-electron chi connectivity index (χ4n) is 3.61. The van der Waals surface area contributed by atoms with E-state index in [9.17, 15) is 14.0 Å². The summed E-state index contributed by atoms with van der Waals surface area (Å²) in [6.07, 6.45) is 0. The largest absolute Gasteiger partial charge is 0.491 e. The highest BCUT2D eigenvalue weighted by molar-refractivity contribution is 6.31. The number of hydrogen-bond acceptors (Lipinski definition) is 5. The van der Waals surface area contributed by atoms with Crippen LogP contribution in [-0.2, 0) is 17.9 Å². The second-order valence-corrected chi connectivity index (χ2v) is 7.77. The molecule has 8 nitrogen and oxygen atoms in total. The normalized spacial score (nSPS) is 12.9. The molecule has 1 aliphatic rings. The average molecular weight is 446 g/mol. The van der Waals surface area contributed by atoms with E-state index in [1.165, 1.54) is 25.1 Å². The molecule has 3 aromatic rings. The Balaban J connectivity index is 1.57. The summed E-state index contributed by atoms with van der Waals surface area (Å²) >= 11 is 6.28. The molecule has 31 heavy (non-hydrogen) atoms. The quantitative estimate of drug-likeness (QED) is 0.610. The van der Waals surface area contributed by atoms with Crippen LogP contribution in [0.25, 0.3) is 5.65 Å². The van der Waals surface area contributed by atoms with Crippen LogP contribution < -0.4 is 10.1 Å². The van der Waals surface area contributed by atoms with E-state index in [-0.39, 0.29) is 36.3 Å². The number of carbonyl (C=O) groups is 2. The fraction of sp³-hybridized carbons (Fsp3) is 0.333. The molecule has 0 spiro atoms. The third-order valence-electron chi connectivity index (χ3n) is 5.15. The molecule has 1 aromatic carbocycles. The van der Waals surface area contributed by atoms with Gasteiger partial charge in [0.25, 0.3) is 5.91 Å². The highest BCUT2D eigenvalue weighted by Gasteiger charge is 2.31. The topological polar surface area (TPSA) is 88.8 Å². The maximum absolute atomic E-state index is 13.8. The van der Waals surface area contributed by atoms with Crippen LogP contribution >= 0.6 is 11.6 Å². The zero-order chi connectivity index (χ0) is 22.3. The average Bonchev–Trinajstić information content (AvgIpc) is 3.28. The summed E-state index contributed by atoms with van der Waals surface area (Å²) in [5.74, 6) is -0.877. The molecule has 0 saturated carbocycles. The van der Waals surface area contributed by atoms with Gasteiger partial charge in [-0.3, -0.25) is 9.59 Å². The molecule has 0 atom stereocenters. The van der Waals surface area contributed by atoms with Crippen molar-refractivity contribution < 1.29 is 18.7 Å². The van der Waals surface area contributed by atoms with Crippen LogP contribution in [0.5, 0.6) is 5.75 Å². The van der Waals surface area contributed by atoms with Crippen molar-refractivity contribution in [1.29, 1.82) is 0 Å². The van der Waals surface area contributed by atoms with E-state index in [2.05, 4.69) is 15.4 Å². The molecule has 10 heteroatoms. The minimum atomic E-state index is -0.513. The van der Waals surface area contributed by atoms with Crippen molar-refractivity contribution in [3.63, 3.8) is 0 Å². The van der Waals surface area contributed by atoms with Crippen LogP contribution in [0, 0.1) is 19.7 Å². The Labute approximate surface area is 183 Å². The molecule has 0 aliphatic carbocycles. The maximum Gasteiger partial charge on any atom is 0.258 e. The second-order valence-electron chi connectivity index (χ2n) is 7.39. The van der Waals surface area contributed by atoms with Crippen molar-refractivity contribution >= 4 is 29.1 Å². The molecule has 162 valence electrons. The van der Waals surface area contributed by atoms with Crippen LogP contribution in [0.4, 0.5) is 4.39 Å². The van der Waals surface area contributed by atoms with E-state index in [4.69, 9.17) is 16.3 Å². The molecule has 4 rings (SSSR count). The van der Waals surface area contributed by atoms with E-state index in [1.807, 2.05) is 13.8 Å². The smallest absolute Gasteiger partial charge is 0.258 e. The molecule has 1 aliphatic heterocycles. The lowest BCUT2D eigenvalue weighted by Crippen LogP contribution is -2.28. The summed E-state index contributed by atoms with van der Waals surface area (Å²) in [7, 11) is 0. The third-order valence-corrected chi connectivity index (χ3v) is 5.70. The molecule has 0 saturated heterocycles. The standard InChI is InChI=1S/C21H21ClFN5O3/c1-11-19(22)12(2)28-20(25-11)16-9-27(10-17(16)26-28)21(30)15-5-4-14(23)8-18(15)31-7-6-24-13(3)29/h4-5,8H,6-7,9-10H2,1-3H3,(H,24,29). The lowest BCUT2D eigenvalue weighted by molar-refractivity contribution is -0.119. The number of amides is 2. The van der Waals surface area contributed by atoms with Crippen LogP contribution in [0.3, 0.4) is 0 Å². The predicted molar refractivity (Wildman–Crippen MR) is 112 cm³/mol. The number of rotatable bonds is 5. The van der Waals surface area contributed by atoms with Crippen LogP contribution in [0.1, 0.15) is 39.9 Å². The van der Waals surface area contributed by atoms with E-state index in [1.54, 1.807) is 9.42 Å². The van der Waals surface area contributed by atoms with Gasteiger partial charge >= 0.3 is 0 Å². The molecular formula is C21H21ClFN5O3. The number of ether oxygens (including phenoxy) is 1. The fourth-order valence-corrected chi connectivity index (χ4v) is 3.73. The first-order valence-electron chi connectivity index (χ1n) is 9.75. The number of hydrogen-bond donors (Lipinski definition) is 1. The van der Waals surface area contributed by atoms with Crippen molar-refractivity contribution in [2.24, 2.45) is 0 Å². The molecule has 0 fully saturated rings. The zero-order valence-corrected chi connectivity index (χ0v) is 18.1. The van der Waals surface area contributed by atoms with Crippen molar-refractivity contribution in [3.05, 3.63) is 57.2 Å². The van der Waals surface area contributed by atoms with Gasteiger partial charge in [-0.2, -0.15) is 5.10 Å². The van der Waals surface area contributed by atoms with Crippen molar-refractivity contribution in [2.45, 2.75) is 33.9 Å². The molecule has 2 aromatic heterocycles. The van der Waals surface area contributed by atoms with E-state index in [0.717, 1.165) is 17.0 Å². The first-order chi connectivity index (χ1) is 14.8. The summed E-state index contributed by atoms with van der Waals surface area (Å²) in [5, 5.41) is 7.74. The number of carbonyl (C=O) groups excluding carboxylic acids is 2. The molecule has 0 radical (unpaired) electrons. The van der Waals surface area contributed by atoms with E-state index in [0.29, 0.717) is 29.5 Å². The van der Waals surface area contributed by atoms with Gasteiger partial charge in [0.15, 0.2) is 5.65 Å². The Bertz CT molecular complexity index is 1210. The summed E-state index contributed by atoms with van der Waals surface area (Å²) in [4.78, 5) is 30.3. The summed E-state index contributed by atoms with van der Waals surface area (Å²) in [6, 6.07) is 3.79. The van der Waals surface area contributed by atoms with Gasteiger partial charge in [-0.1, -0.05) is 11.6 Å². The van der Waals surface area contributed by atoms with Gasteiger partial charge in [0, 0.05) is 18.6 Å². The van der Waals surface area contributed by atoms with Crippen molar-refractivity contribution in [1.82, 2.24) is 24.8 Å². The van der Waals surface area contributed by atoms with Crippen LogP contribution in [0.2, 0.25) is 5.02 Å². The number of halogens is 2. The maximum atomic E-state index is 13.8. The molecule has 1 N–H and O–H groups in total. The van der Waals surface area contributed by atoms with Gasteiger partial charge in [0.1, 0.15) is 18.2 Å². The monoisotopic (exact) mass is 445 g/mol. The number of nitrogens with one attached hydrogen (secondary N) is 1. The number of fused-ring (bicyclic) bond motifs is 3. The lowest BCUT2D eigenvalue weighted by atomic mass is 10.1. The van der Waals surface area contributed by atoms with Gasteiger partial charge in [-0.25, -0.2) is 13.9 Å². The van der Waals surface area contributed by atoms with Crippen LogP contribution in [-0.4, -0.2) is 44.5 Å². The second kappa shape index (κ2) is 8.14. The first kappa shape index (κ1) is 21.0. The van der Waals surface area contributed by atoms with Gasteiger partial charge < -0.3 is 15.0 Å². The van der Waals surface area contributed by atoms with E-state index >= 15 is 0 Å². The first-order valence-corrected chi connectivity index (χ1v) is 10.1. The van der Waals surface area contributed by atoms with Crippen LogP contribution in [0.15, 0.2) is 18.2 Å². The Hall–Kier alpha value is -3.20. The molecule has 3 heterocycles. The highest BCUT2D eigenvalue weighted by Crippen LogP contribution is 2.31. The van der Waals surface area contributed by atoms with Gasteiger partial charge in [-0.05, 0) is 26.0 Å². The van der Waals surface area contributed by atoms with Gasteiger partial charge in [0.05, 0.1) is 47.3 Å². The number of aryl methyl sites for hydroxylation is 2. The van der Waals surface area contributed by atoms with Crippen molar-refractivity contribution in [2.75, 3.05) is 13.2 Å². The lowest BCUT2D eigenvalue weighted by Gasteiger charge is -2.18. The summed E-state index contributed by atoms with van der Waals surface area (Å²) in [5.41, 5.74) is 4.04. The van der Waals surface area contributed by atoms with Crippen molar-refractivity contribution in [3.8, 4) is 5.75 Å².